The monoisotopic (exact) mass is 205 g/mol. The summed E-state index contributed by atoms with van der Waals surface area (Å²) in [4.78, 5) is 7.96. The molecule has 0 amide bonds. The average molecular weight is 205 g/mol. The van der Waals surface area contributed by atoms with Crippen LogP contribution in [0.25, 0.3) is 0 Å². The van der Waals surface area contributed by atoms with Crippen LogP contribution in [0.1, 0.15) is 0 Å². The first kappa shape index (κ1) is 9.45. The lowest BCUT2D eigenvalue weighted by Crippen LogP contribution is -1.95. The van der Waals surface area contributed by atoms with Gasteiger partial charge < -0.3 is 10.1 Å². The molecule has 1 N–H and O–H groups in total. The van der Waals surface area contributed by atoms with E-state index in [2.05, 4.69) is 20.4 Å². The van der Waals surface area contributed by atoms with Crippen LogP contribution in [0.3, 0.4) is 0 Å². The number of rotatable bonds is 3. The molecule has 6 heteroatoms. The molecule has 0 aliphatic carbocycles. The molecule has 0 saturated carbocycles. The summed E-state index contributed by atoms with van der Waals surface area (Å²) in [6.45, 7) is 0. The molecule has 15 heavy (non-hydrogen) atoms. The molecule has 6 nitrogen and oxygen atoms in total. The van der Waals surface area contributed by atoms with E-state index in [9.17, 15) is 0 Å². The van der Waals surface area contributed by atoms with Crippen molar-refractivity contribution in [1.29, 1.82) is 0 Å². The molecule has 0 aliphatic heterocycles. The molecular weight excluding hydrogens is 194 g/mol. The molecule has 2 rings (SSSR count). The second kappa shape index (κ2) is 3.95. The summed E-state index contributed by atoms with van der Waals surface area (Å²) in [5.74, 6) is 1.20. The minimum atomic E-state index is 0.524. The SMILES string of the molecule is COc1cc(Nc2cnn(C)c2)ncn1. The second-order valence-corrected chi connectivity index (χ2v) is 2.97. The van der Waals surface area contributed by atoms with E-state index in [0.717, 1.165) is 5.69 Å². The zero-order chi connectivity index (χ0) is 10.7. The highest BCUT2D eigenvalue weighted by Gasteiger charge is 2.00. The zero-order valence-corrected chi connectivity index (χ0v) is 8.51. The lowest BCUT2D eigenvalue weighted by molar-refractivity contribution is 0.397. The number of hydrogen-bond acceptors (Lipinski definition) is 5. The van der Waals surface area contributed by atoms with Crippen LogP contribution >= 0.6 is 0 Å². The molecule has 2 heterocycles. The number of hydrogen-bond donors (Lipinski definition) is 1. The molecular formula is C9H11N5O. The van der Waals surface area contributed by atoms with E-state index in [1.54, 1.807) is 24.1 Å². The van der Waals surface area contributed by atoms with Gasteiger partial charge in [0.25, 0.3) is 0 Å². The van der Waals surface area contributed by atoms with Gasteiger partial charge in [0, 0.05) is 19.3 Å². The van der Waals surface area contributed by atoms with Gasteiger partial charge in [-0.1, -0.05) is 0 Å². The molecule has 0 spiro atoms. The summed E-state index contributed by atoms with van der Waals surface area (Å²) in [5.41, 5.74) is 0.873. The Labute approximate surface area is 86.9 Å². The van der Waals surface area contributed by atoms with Crippen molar-refractivity contribution in [3.63, 3.8) is 0 Å². The Bertz CT molecular complexity index is 453. The molecule has 0 radical (unpaired) electrons. The molecule has 2 aromatic heterocycles. The topological polar surface area (TPSA) is 64.9 Å². The van der Waals surface area contributed by atoms with E-state index in [4.69, 9.17) is 4.74 Å². The van der Waals surface area contributed by atoms with Crippen molar-refractivity contribution in [3.8, 4) is 5.88 Å². The lowest BCUT2D eigenvalue weighted by Gasteiger charge is -2.03. The minimum absolute atomic E-state index is 0.524. The van der Waals surface area contributed by atoms with Crippen LogP contribution in [0.4, 0.5) is 11.5 Å². The third-order valence-electron chi connectivity index (χ3n) is 1.83. The number of nitrogens with zero attached hydrogens (tertiary/aromatic N) is 4. The molecule has 0 aliphatic rings. The fraction of sp³-hybridized carbons (Fsp3) is 0.222. The number of aromatic nitrogens is 4. The van der Waals surface area contributed by atoms with Gasteiger partial charge in [-0.25, -0.2) is 9.97 Å². The Morgan fingerprint density at radius 3 is 2.93 bits per heavy atom. The Hall–Kier alpha value is -2.11. The van der Waals surface area contributed by atoms with Crippen molar-refractivity contribution >= 4 is 11.5 Å². The van der Waals surface area contributed by atoms with E-state index in [1.165, 1.54) is 6.33 Å². The van der Waals surface area contributed by atoms with E-state index < -0.39 is 0 Å². The summed E-state index contributed by atoms with van der Waals surface area (Å²) >= 11 is 0. The normalized spacial score (nSPS) is 10.0. The van der Waals surface area contributed by atoms with E-state index in [-0.39, 0.29) is 0 Å². The third-order valence-corrected chi connectivity index (χ3v) is 1.83. The van der Waals surface area contributed by atoms with Crippen molar-refractivity contribution in [1.82, 2.24) is 19.7 Å². The Morgan fingerprint density at radius 2 is 2.27 bits per heavy atom. The summed E-state index contributed by atoms with van der Waals surface area (Å²) < 4.78 is 6.69. The summed E-state index contributed by atoms with van der Waals surface area (Å²) in [6, 6.07) is 1.72. The molecule has 0 atom stereocenters. The van der Waals surface area contributed by atoms with Gasteiger partial charge in [0.05, 0.1) is 19.0 Å². The van der Waals surface area contributed by atoms with Crippen LogP contribution in [0, 0.1) is 0 Å². The standard InChI is InChI=1S/C9H11N5O/c1-14-5-7(4-12-14)13-8-3-9(15-2)11-6-10-8/h3-6H,1-2H3,(H,10,11,13). The van der Waals surface area contributed by atoms with Crippen LogP contribution in [0.5, 0.6) is 5.88 Å². The zero-order valence-electron chi connectivity index (χ0n) is 8.51. The van der Waals surface area contributed by atoms with Crippen molar-refractivity contribution < 1.29 is 4.74 Å². The predicted molar refractivity (Wildman–Crippen MR) is 55.1 cm³/mol. The van der Waals surface area contributed by atoms with E-state index in [0.29, 0.717) is 11.7 Å². The highest BCUT2D eigenvalue weighted by Crippen LogP contribution is 2.15. The molecule has 0 aromatic carbocycles. The number of anilines is 2. The molecule has 78 valence electrons. The van der Waals surface area contributed by atoms with Gasteiger partial charge in [0.15, 0.2) is 0 Å². The number of methoxy groups -OCH3 is 1. The van der Waals surface area contributed by atoms with Crippen LogP contribution in [-0.2, 0) is 7.05 Å². The molecule has 0 fully saturated rings. The van der Waals surface area contributed by atoms with E-state index in [1.807, 2.05) is 13.2 Å². The number of nitrogens with one attached hydrogen (secondary N) is 1. The fourth-order valence-corrected chi connectivity index (χ4v) is 1.15. The van der Waals surface area contributed by atoms with Crippen molar-refractivity contribution in [3.05, 3.63) is 24.8 Å². The molecule has 2 aromatic rings. The predicted octanol–water partition coefficient (Wildman–Crippen LogP) is 0.962. The highest BCUT2D eigenvalue weighted by atomic mass is 16.5. The maximum atomic E-state index is 4.99. The summed E-state index contributed by atoms with van der Waals surface area (Å²) in [7, 11) is 3.42. The van der Waals surface area contributed by atoms with Gasteiger partial charge in [0.1, 0.15) is 12.1 Å². The largest absolute Gasteiger partial charge is 0.481 e. The van der Waals surface area contributed by atoms with Crippen LogP contribution in [0.2, 0.25) is 0 Å². The van der Waals surface area contributed by atoms with Crippen LogP contribution < -0.4 is 10.1 Å². The van der Waals surface area contributed by atoms with Gasteiger partial charge in [0.2, 0.25) is 5.88 Å². The van der Waals surface area contributed by atoms with Gasteiger partial charge in [-0.15, -0.1) is 0 Å². The molecule has 0 bridgehead atoms. The Balaban J connectivity index is 2.16. The van der Waals surface area contributed by atoms with Crippen LogP contribution in [-0.4, -0.2) is 26.9 Å². The first-order valence-electron chi connectivity index (χ1n) is 4.39. The van der Waals surface area contributed by atoms with Crippen LogP contribution in [0.15, 0.2) is 24.8 Å². The quantitative estimate of drug-likeness (QED) is 0.808. The first-order chi connectivity index (χ1) is 7.28. The van der Waals surface area contributed by atoms with Gasteiger partial charge in [-0.3, -0.25) is 4.68 Å². The van der Waals surface area contributed by atoms with Crippen molar-refractivity contribution in [2.45, 2.75) is 0 Å². The second-order valence-electron chi connectivity index (χ2n) is 2.97. The molecule has 0 unspecified atom stereocenters. The maximum absolute atomic E-state index is 4.99. The maximum Gasteiger partial charge on any atom is 0.218 e. The Kier molecular flexibility index (Phi) is 2.49. The van der Waals surface area contributed by atoms with Gasteiger partial charge >= 0.3 is 0 Å². The molecule has 0 saturated heterocycles. The lowest BCUT2D eigenvalue weighted by atomic mass is 10.5. The average Bonchev–Trinajstić information content (AvgIpc) is 2.64. The number of ether oxygens (including phenoxy) is 1. The van der Waals surface area contributed by atoms with E-state index >= 15 is 0 Å². The summed E-state index contributed by atoms with van der Waals surface area (Å²) in [5, 5.41) is 7.12. The summed E-state index contributed by atoms with van der Waals surface area (Å²) in [6.07, 6.45) is 5.01. The first-order valence-corrected chi connectivity index (χ1v) is 4.39. The highest BCUT2D eigenvalue weighted by molar-refractivity contribution is 5.54. The van der Waals surface area contributed by atoms with Crippen molar-refractivity contribution in [2.24, 2.45) is 7.05 Å². The Morgan fingerprint density at radius 1 is 1.40 bits per heavy atom. The smallest absolute Gasteiger partial charge is 0.218 e. The van der Waals surface area contributed by atoms with Gasteiger partial charge in [-0.05, 0) is 0 Å². The van der Waals surface area contributed by atoms with Gasteiger partial charge in [-0.2, -0.15) is 5.10 Å². The number of aryl methyl sites for hydroxylation is 1. The van der Waals surface area contributed by atoms with Crippen molar-refractivity contribution in [2.75, 3.05) is 12.4 Å². The third kappa shape index (κ3) is 2.22. The minimum Gasteiger partial charge on any atom is -0.481 e. The fourth-order valence-electron chi connectivity index (χ4n) is 1.15.